The topological polar surface area (TPSA) is 66.5 Å². The molecule has 1 saturated heterocycles. The molecule has 0 aromatic heterocycles. The minimum Gasteiger partial charge on any atom is -0.348 e. The first-order valence-electron chi connectivity index (χ1n) is 9.08. The average Bonchev–Trinajstić information content (AvgIpc) is 3.30. The molecule has 1 aromatic carbocycles. The van der Waals surface area contributed by atoms with E-state index in [9.17, 15) is 14.4 Å². The number of benzene rings is 1. The number of fused-ring (bicyclic) bond motifs is 5. The number of halogens is 1. The van der Waals surface area contributed by atoms with Crippen LogP contribution in [0, 0.1) is 23.7 Å². The van der Waals surface area contributed by atoms with Crippen molar-refractivity contribution in [3.8, 4) is 0 Å². The highest BCUT2D eigenvalue weighted by Crippen LogP contribution is 2.52. The zero-order valence-corrected chi connectivity index (χ0v) is 16.1. The summed E-state index contributed by atoms with van der Waals surface area (Å²) in [5.41, 5.74) is 1.00. The van der Waals surface area contributed by atoms with E-state index < -0.39 is 0 Å². The molecule has 1 aliphatic heterocycles. The van der Waals surface area contributed by atoms with Crippen molar-refractivity contribution in [3.63, 3.8) is 0 Å². The summed E-state index contributed by atoms with van der Waals surface area (Å²) in [6.45, 7) is 1.81. The summed E-state index contributed by atoms with van der Waals surface area (Å²) >= 11 is 3.40. The Kier molecular flexibility index (Phi) is 4.47. The van der Waals surface area contributed by atoms with E-state index in [4.69, 9.17) is 0 Å². The predicted octanol–water partition coefficient (Wildman–Crippen LogP) is 2.82. The van der Waals surface area contributed by atoms with E-state index in [0.717, 1.165) is 22.9 Å². The number of hydrogen-bond acceptors (Lipinski definition) is 3. The van der Waals surface area contributed by atoms with Crippen molar-refractivity contribution in [2.75, 3.05) is 6.54 Å². The van der Waals surface area contributed by atoms with Crippen molar-refractivity contribution in [2.24, 2.45) is 23.7 Å². The molecule has 1 heterocycles. The van der Waals surface area contributed by atoms with Crippen molar-refractivity contribution in [3.05, 3.63) is 46.5 Å². The molecule has 0 radical (unpaired) electrons. The minimum atomic E-state index is -0.290. The fourth-order valence-corrected chi connectivity index (χ4v) is 4.88. The van der Waals surface area contributed by atoms with Gasteiger partial charge in [-0.2, -0.15) is 0 Å². The van der Waals surface area contributed by atoms with Gasteiger partial charge in [-0.25, -0.2) is 0 Å². The van der Waals surface area contributed by atoms with Crippen molar-refractivity contribution in [1.29, 1.82) is 0 Å². The average molecular weight is 417 g/mol. The predicted molar refractivity (Wildman–Crippen MR) is 99.8 cm³/mol. The second-order valence-electron chi connectivity index (χ2n) is 7.34. The largest absolute Gasteiger partial charge is 0.348 e. The van der Waals surface area contributed by atoms with Crippen LogP contribution in [0.15, 0.2) is 40.9 Å². The monoisotopic (exact) mass is 416 g/mol. The van der Waals surface area contributed by atoms with Crippen molar-refractivity contribution in [1.82, 2.24) is 10.2 Å². The van der Waals surface area contributed by atoms with Crippen LogP contribution in [0.25, 0.3) is 0 Å². The summed E-state index contributed by atoms with van der Waals surface area (Å²) in [5, 5.41) is 2.96. The van der Waals surface area contributed by atoms with Crippen LogP contribution in [-0.2, 0) is 14.4 Å². The summed E-state index contributed by atoms with van der Waals surface area (Å²) in [6, 6.07) is 7.64. The zero-order chi connectivity index (χ0) is 18.4. The highest BCUT2D eigenvalue weighted by atomic mass is 79.9. The van der Waals surface area contributed by atoms with E-state index in [0.29, 0.717) is 0 Å². The Balaban J connectivity index is 1.43. The first kappa shape index (κ1) is 17.5. The van der Waals surface area contributed by atoms with Crippen LogP contribution in [0.3, 0.4) is 0 Å². The van der Waals surface area contributed by atoms with Crippen LogP contribution in [-0.4, -0.2) is 29.2 Å². The van der Waals surface area contributed by atoms with E-state index in [2.05, 4.69) is 33.4 Å². The molecular formula is C20H21BrN2O3. The van der Waals surface area contributed by atoms with E-state index in [1.54, 1.807) is 0 Å². The summed E-state index contributed by atoms with van der Waals surface area (Å²) in [4.78, 5) is 39.0. The van der Waals surface area contributed by atoms with Gasteiger partial charge in [-0.15, -0.1) is 0 Å². The molecule has 4 rings (SSSR count). The maximum atomic E-state index is 12.7. The van der Waals surface area contributed by atoms with Crippen molar-refractivity contribution < 1.29 is 14.4 Å². The third kappa shape index (κ3) is 2.80. The molecule has 26 heavy (non-hydrogen) atoms. The highest BCUT2D eigenvalue weighted by molar-refractivity contribution is 9.10. The van der Waals surface area contributed by atoms with E-state index in [1.807, 2.05) is 31.2 Å². The Hall–Kier alpha value is -1.95. The van der Waals surface area contributed by atoms with Crippen LogP contribution in [0.1, 0.15) is 31.4 Å². The smallest absolute Gasteiger partial charge is 0.240 e. The van der Waals surface area contributed by atoms with Gasteiger partial charge in [0, 0.05) is 4.47 Å². The fraction of sp³-hybridized carbons (Fsp3) is 0.450. The lowest BCUT2D eigenvalue weighted by Crippen LogP contribution is -2.42. The van der Waals surface area contributed by atoms with E-state index >= 15 is 0 Å². The first-order valence-corrected chi connectivity index (χ1v) is 9.87. The lowest BCUT2D eigenvalue weighted by atomic mass is 9.85. The molecule has 5 atom stereocenters. The third-order valence-electron chi connectivity index (χ3n) is 5.88. The van der Waals surface area contributed by atoms with Crippen molar-refractivity contribution >= 4 is 33.7 Å². The fourth-order valence-electron chi connectivity index (χ4n) is 4.62. The lowest BCUT2D eigenvalue weighted by molar-refractivity contribution is -0.144. The maximum absolute atomic E-state index is 12.7. The quantitative estimate of drug-likeness (QED) is 0.592. The normalized spacial score (nSPS) is 30.0. The Morgan fingerprint density at radius 3 is 2.27 bits per heavy atom. The molecule has 2 bridgehead atoms. The Morgan fingerprint density at radius 1 is 1.15 bits per heavy atom. The van der Waals surface area contributed by atoms with Crippen LogP contribution in [0.2, 0.25) is 0 Å². The molecule has 6 heteroatoms. The molecule has 5 nitrogen and oxygen atoms in total. The number of nitrogens with zero attached hydrogens (tertiary/aromatic N) is 1. The van der Waals surface area contributed by atoms with Gasteiger partial charge in [0.15, 0.2) is 0 Å². The lowest BCUT2D eigenvalue weighted by Gasteiger charge is -2.21. The number of imide groups is 1. The molecule has 2 aliphatic carbocycles. The number of nitrogens with one attached hydrogen (secondary N) is 1. The van der Waals surface area contributed by atoms with Gasteiger partial charge in [-0.1, -0.05) is 47.1 Å². The number of likely N-dealkylation sites (tertiary alicyclic amines) is 1. The number of rotatable bonds is 5. The molecule has 1 aromatic rings. The number of carbonyl (C=O) groups is 3. The Morgan fingerprint density at radius 2 is 1.73 bits per heavy atom. The van der Waals surface area contributed by atoms with Gasteiger partial charge < -0.3 is 5.32 Å². The molecule has 1 saturated carbocycles. The summed E-state index contributed by atoms with van der Waals surface area (Å²) in [7, 11) is 0. The van der Waals surface area contributed by atoms with Gasteiger partial charge in [-0.3, -0.25) is 19.3 Å². The maximum Gasteiger partial charge on any atom is 0.240 e. The molecule has 3 amide bonds. The number of carbonyl (C=O) groups excluding carboxylic acids is 3. The summed E-state index contributed by atoms with van der Waals surface area (Å²) in [5.74, 6) is -0.812. The summed E-state index contributed by atoms with van der Waals surface area (Å²) < 4.78 is 0.977. The minimum absolute atomic E-state index is 0.138. The highest BCUT2D eigenvalue weighted by Gasteiger charge is 2.59. The molecule has 136 valence electrons. The molecule has 2 fully saturated rings. The Bertz CT molecular complexity index is 759. The third-order valence-corrected chi connectivity index (χ3v) is 6.41. The van der Waals surface area contributed by atoms with Crippen LogP contribution in [0.5, 0.6) is 0 Å². The van der Waals surface area contributed by atoms with E-state index in [-0.39, 0.29) is 54.0 Å². The van der Waals surface area contributed by atoms with E-state index in [1.165, 1.54) is 4.90 Å². The molecule has 0 spiro atoms. The SMILES string of the molecule is CCC(NC(=O)CN1C(=O)C2C3C=CC(C3)C2C1=O)c1ccc(Br)cc1. The number of allylic oxidation sites excluding steroid dienone is 2. The van der Waals surface area contributed by atoms with Gasteiger partial charge in [0.2, 0.25) is 17.7 Å². The molecular weight excluding hydrogens is 396 g/mol. The number of amides is 3. The van der Waals surface area contributed by atoms with Crippen LogP contribution >= 0.6 is 15.9 Å². The van der Waals surface area contributed by atoms with Crippen LogP contribution in [0.4, 0.5) is 0 Å². The van der Waals surface area contributed by atoms with Gasteiger partial charge in [0.25, 0.3) is 0 Å². The van der Waals surface area contributed by atoms with Crippen molar-refractivity contribution in [2.45, 2.75) is 25.8 Å². The molecule has 3 aliphatic rings. The van der Waals surface area contributed by atoms with Gasteiger partial charge in [0.1, 0.15) is 6.54 Å². The second-order valence-corrected chi connectivity index (χ2v) is 8.26. The first-order chi connectivity index (χ1) is 12.5. The van der Waals surface area contributed by atoms with Gasteiger partial charge in [-0.05, 0) is 42.4 Å². The zero-order valence-electron chi connectivity index (χ0n) is 14.5. The second kappa shape index (κ2) is 6.65. The molecule has 1 N–H and O–H groups in total. The molecule has 5 unspecified atom stereocenters. The van der Waals surface area contributed by atoms with Gasteiger partial charge >= 0.3 is 0 Å². The van der Waals surface area contributed by atoms with Crippen LogP contribution < -0.4 is 5.32 Å². The number of hydrogen-bond donors (Lipinski definition) is 1. The standard InChI is InChI=1S/C20H21BrN2O3/c1-2-15(11-5-7-14(21)8-6-11)22-16(24)10-23-19(25)17-12-3-4-13(9-12)18(17)20(23)26/h3-8,12-13,15,17-18H,2,9-10H2,1H3,(H,22,24). The van der Waals surface area contributed by atoms with Gasteiger partial charge in [0.05, 0.1) is 17.9 Å². The Labute approximate surface area is 160 Å². The summed E-state index contributed by atoms with van der Waals surface area (Å²) in [6.07, 6.45) is 5.74.